The molecule has 0 aromatic heterocycles. The number of hydrogen-bond acceptors (Lipinski definition) is 5. The van der Waals surface area contributed by atoms with E-state index in [9.17, 15) is 15.2 Å². The molecule has 2 rings (SSSR count). The maximum Gasteiger partial charge on any atom is 0.269 e. The molecule has 1 fully saturated rings. The number of piperidine rings is 1. The molecule has 0 radical (unpaired) electrons. The maximum absolute atomic E-state index is 10.6. The first-order chi connectivity index (χ1) is 10.5. The van der Waals surface area contributed by atoms with Gasteiger partial charge in [-0.1, -0.05) is 6.42 Å². The van der Waals surface area contributed by atoms with E-state index in [2.05, 4.69) is 18.7 Å². The molecule has 6 nitrogen and oxygen atoms in total. The lowest BCUT2D eigenvalue weighted by Crippen LogP contribution is -2.48. The number of benzene rings is 1. The highest BCUT2D eigenvalue weighted by atomic mass is 16.6. The fraction of sp³-hybridized carbons (Fsp3) is 0.625. The number of nitrogens with zero attached hydrogens (tertiary/aromatic N) is 2. The van der Waals surface area contributed by atoms with Crippen molar-refractivity contribution in [1.29, 1.82) is 0 Å². The number of aliphatic hydroxyl groups excluding tert-OH is 1. The van der Waals surface area contributed by atoms with Crippen LogP contribution in [-0.4, -0.2) is 46.3 Å². The highest BCUT2D eigenvalue weighted by Crippen LogP contribution is 2.23. The van der Waals surface area contributed by atoms with Gasteiger partial charge in [0.25, 0.3) is 5.69 Å². The van der Waals surface area contributed by atoms with E-state index in [0.29, 0.717) is 24.4 Å². The quantitative estimate of drug-likeness (QED) is 0.646. The van der Waals surface area contributed by atoms with E-state index < -0.39 is 11.0 Å². The second-order valence-electron chi connectivity index (χ2n) is 6.04. The van der Waals surface area contributed by atoms with Gasteiger partial charge in [-0.25, -0.2) is 0 Å². The molecule has 22 heavy (non-hydrogen) atoms. The molecule has 3 unspecified atom stereocenters. The van der Waals surface area contributed by atoms with E-state index >= 15 is 0 Å². The molecule has 1 N–H and O–H groups in total. The first-order valence-electron chi connectivity index (χ1n) is 7.78. The molecule has 0 amide bonds. The van der Waals surface area contributed by atoms with Crippen molar-refractivity contribution in [1.82, 2.24) is 4.90 Å². The molecule has 1 aromatic carbocycles. The minimum absolute atomic E-state index is 0.0314. The Morgan fingerprint density at radius 1 is 1.32 bits per heavy atom. The van der Waals surface area contributed by atoms with Crippen molar-refractivity contribution < 1.29 is 14.8 Å². The smallest absolute Gasteiger partial charge is 0.269 e. The van der Waals surface area contributed by atoms with Crippen LogP contribution in [0.15, 0.2) is 24.3 Å². The van der Waals surface area contributed by atoms with Gasteiger partial charge in [0.1, 0.15) is 18.5 Å². The molecule has 1 heterocycles. The third kappa shape index (κ3) is 4.42. The van der Waals surface area contributed by atoms with Gasteiger partial charge in [-0.3, -0.25) is 15.0 Å². The molecule has 1 aliphatic rings. The minimum Gasteiger partial charge on any atom is -0.491 e. The summed E-state index contributed by atoms with van der Waals surface area (Å²) in [5.41, 5.74) is 0.0314. The molecule has 0 aliphatic carbocycles. The molecular formula is C16H24N2O4. The SMILES string of the molecule is CC1CCCC(C)N1CC(O)COc1ccc([N+](=O)[O-])cc1. The van der Waals surface area contributed by atoms with Crippen molar-refractivity contribution in [2.75, 3.05) is 13.2 Å². The predicted molar refractivity (Wildman–Crippen MR) is 84.1 cm³/mol. The molecule has 6 heteroatoms. The molecule has 122 valence electrons. The Morgan fingerprint density at radius 2 is 1.91 bits per heavy atom. The number of ether oxygens (including phenoxy) is 1. The van der Waals surface area contributed by atoms with Gasteiger partial charge >= 0.3 is 0 Å². The van der Waals surface area contributed by atoms with Crippen molar-refractivity contribution >= 4 is 5.69 Å². The van der Waals surface area contributed by atoms with E-state index in [0.717, 1.165) is 0 Å². The summed E-state index contributed by atoms with van der Waals surface area (Å²) in [5.74, 6) is 0.532. The number of β-amino-alcohol motifs (C(OH)–C–C–N with tert-alkyl or cyclic N) is 1. The number of likely N-dealkylation sites (tertiary alicyclic amines) is 1. The van der Waals surface area contributed by atoms with Crippen molar-refractivity contribution in [3.63, 3.8) is 0 Å². The summed E-state index contributed by atoms with van der Waals surface area (Å²) in [7, 11) is 0. The zero-order valence-corrected chi connectivity index (χ0v) is 13.1. The van der Waals surface area contributed by atoms with Crippen LogP contribution in [0.5, 0.6) is 5.75 Å². The average Bonchev–Trinajstić information content (AvgIpc) is 2.49. The summed E-state index contributed by atoms with van der Waals surface area (Å²) >= 11 is 0. The van der Waals surface area contributed by atoms with Gasteiger partial charge in [-0.15, -0.1) is 0 Å². The summed E-state index contributed by atoms with van der Waals surface area (Å²) in [6.07, 6.45) is 3.01. The number of rotatable bonds is 6. The van der Waals surface area contributed by atoms with Crippen LogP contribution >= 0.6 is 0 Å². The van der Waals surface area contributed by atoms with Crippen LogP contribution < -0.4 is 4.74 Å². The molecule has 0 bridgehead atoms. The summed E-state index contributed by atoms with van der Waals surface area (Å²) < 4.78 is 5.52. The fourth-order valence-corrected chi connectivity index (χ4v) is 2.99. The largest absolute Gasteiger partial charge is 0.491 e. The van der Waals surface area contributed by atoms with Crippen LogP contribution in [-0.2, 0) is 0 Å². The Labute approximate surface area is 130 Å². The van der Waals surface area contributed by atoms with Gasteiger partial charge in [0, 0.05) is 30.8 Å². The average molecular weight is 308 g/mol. The summed E-state index contributed by atoms with van der Waals surface area (Å²) in [6.45, 7) is 5.17. The van der Waals surface area contributed by atoms with E-state index in [1.807, 2.05) is 0 Å². The number of hydrogen-bond donors (Lipinski definition) is 1. The second kappa shape index (κ2) is 7.56. The van der Waals surface area contributed by atoms with E-state index in [1.165, 1.54) is 31.4 Å². The fourth-order valence-electron chi connectivity index (χ4n) is 2.99. The van der Waals surface area contributed by atoms with Gasteiger partial charge in [0.15, 0.2) is 0 Å². The van der Waals surface area contributed by atoms with Crippen molar-refractivity contribution in [3.05, 3.63) is 34.4 Å². The Bertz CT molecular complexity index is 481. The number of nitro groups is 1. The standard InChI is InChI=1S/C16H24N2O4/c1-12-4-3-5-13(2)17(12)10-15(19)11-22-16-8-6-14(7-9-16)18(20)21/h6-9,12-13,15,19H,3-5,10-11H2,1-2H3. The molecule has 0 spiro atoms. The second-order valence-corrected chi connectivity index (χ2v) is 6.04. The molecule has 1 saturated heterocycles. The third-order valence-electron chi connectivity index (χ3n) is 4.29. The van der Waals surface area contributed by atoms with Gasteiger partial charge in [-0.05, 0) is 38.8 Å². The topological polar surface area (TPSA) is 75.8 Å². The van der Waals surface area contributed by atoms with E-state index in [4.69, 9.17) is 4.74 Å². The van der Waals surface area contributed by atoms with Crippen molar-refractivity contribution in [2.45, 2.75) is 51.3 Å². The summed E-state index contributed by atoms with van der Waals surface area (Å²) in [6, 6.07) is 6.87. The van der Waals surface area contributed by atoms with Crippen molar-refractivity contribution in [3.8, 4) is 5.75 Å². The highest BCUT2D eigenvalue weighted by Gasteiger charge is 2.26. The lowest BCUT2D eigenvalue weighted by molar-refractivity contribution is -0.384. The zero-order valence-electron chi connectivity index (χ0n) is 13.1. The van der Waals surface area contributed by atoms with Crippen LogP contribution in [0.25, 0.3) is 0 Å². The maximum atomic E-state index is 10.6. The van der Waals surface area contributed by atoms with Gasteiger partial charge < -0.3 is 9.84 Å². The van der Waals surface area contributed by atoms with Crippen LogP contribution in [0, 0.1) is 10.1 Å². The normalized spacial score (nSPS) is 24.0. The van der Waals surface area contributed by atoms with Crippen LogP contribution in [0.4, 0.5) is 5.69 Å². The molecule has 0 saturated carbocycles. The number of nitro benzene ring substituents is 1. The van der Waals surface area contributed by atoms with Crippen LogP contribution in [0.1, 0.15) is 33.1 Å². The Hall–Kier alpha value is -1.66. The van der Waals surface area contributed by atoms with E-state index in [1.54, 1.807) is 12.1 Å². The Morgan fingerprint density at radius 3 is 2.45 bits per heavy atom. The van der Waals surface area contributed by atoms with Crippen LogP contribution in [0.2, 0.25) is 0 Å². The molecule has 1 aliphatic heterocycles. The Balaban J connectivity index is 1.81. The molecule has 3 atom stereocenters. The van der Waals surface area contributed by atoms with Gasteiger partial charge in [-0.2, -0.15) is 0 Å². The lowest BCUT2D eigenvalue weighted by Gasteiger charge is -2.40. The van der Waals surface area contributed by atoms with Gasteiger partial charge in [0.2, 0.25) is 0 Å². The number of aliphatic hydroxyl groups is 1. The summed E-state index contributed by atoms with van der Waals surface area (Å²) in [5, 5.41) is 20.7. The predicted octanol–water partition coefficient (Wildman–Crippen LogP) is 2.60. The monoisotopic (exact) mass is 308 g/mol. The van der Waals surface area contributed by atoms with Crippen molar-refractivity contribution in [2.24, 2.45) is 0 Å². The first kappa shape index (κ1) is 16.7. The molecule has 1 aromatic rings. The zero-order chi connectivity index (χ0) is 16.1. The lowest BCUT2D eigenvalue weighted by atomic mass is 9.97. The number of non-ortho nitro benzene ring substituents is 1. The Kier molecular flexibility index (Phi) is 5.74. The third-order valence-corrected chi connectivity index (χ3v) is 4.29. The van der Waals surface area contributed by atoms with E-state index in [-0.39, 0.29) is 12.3 Å². The van der Waals surface area contributed by atoms with Crippen LogP contribution in [0.3, 0.4) is 0 Å². The highest BCUT2D eigenvalue weighted by molar-refractivity contribution is 5.35. The van der Waals surface area contributed by atoms with Gasteiger partial charge in [0.05, 0.1) is 4.92 Å². The first-order valence-corrected chi connectivity index (χ1v) is 7.78. The summed E-state index contributed by atoms with van der Waals surface area (Å²) in [4.78, 5) is 12.5. The molecular weight excluding hydrogens is 284 g/mol. The minimum atomic E-state index is -0.571.